The molecular formula is C24H23ClN6O4S. The Morgan fingerprint density at radius 2 is 1.81 bits per heavy atom. The molecule has 0 bridgehead atoms. The second kappa shape index (κ2) is 10.2. The lowest BCUT2D eigenvalue weighted by molar-refractivity contribution is -0.118. The van der Waals surface area contributed by atoms with Crippen LogP contribution >= 0.6 is 11.6 Å². The van der Waals surface area contributed by atoms with Crippen molar-refractivity contribution in [2.45, 2.75) is 4.90 Å². The van der Waals surface area contributed by atoms with Gasteiger partial charge in [0.2, 0.25) is 5.91 Å². The summed E-state index contributed by atoms with van der Waals surface area (Å²) in [4.78, 5) is 19.1. The van der Waals surface area contributed by atoms with Crippen LogP contribution in [0.5, 0.6) is 0 Å². The molecule has 36 heavy (non-hydrogen) atoms. The van der Waals surface area contributed by atoms with Crippen LogP contribution in [-0.2, 0) is 19.6 Å². The van der Waals surface area contributed by atoms with E-state index in [1.165, 1.54) is 12.1 Å². The summed E-state index contributed by atoms with van der Waals surface area (Å²) in [5, 5.41) is 10.8. The topological polar surface area (TPSA) is 129 Å². The molecule has 1 amide bonds. The minimum absolute atomic E-state index is 0.0138. The zero-order chi connectivity index (χ0) is 25.1. The highest BCUT2D eigenvalue weighted by atomic mass is 35.5. The number of sulfonamides is 1. The number of amides is 1. The summed E-state index contributed by atoms with van der Waals surface area (Å²) in [6.45, 7) is 2.86. The maximum absolute atomic E-state index is 12.8. The molecule has 2 aromatic heterocycles. The number of halogens is 1. The van der Waals surface area contributed by atoms with Gasteiger partial charge in [-0.25, -0.2) is 13.4 Å². The van der Waals surface area contributed by atoms with E-state index in [4.69, 9.17) is 16.3 Å². The van der Waals surface area contributed by atoms with Crippen molar-refractivity contribution in [1.29, 1.82) is 0 Å². The van der Waals surface area contributed by atoms with Gasteiger partial charge in [-0.3, -0.25) is 19.5 Å². The van der Waals surface area contributed by atoms with Gasteiger partial charge in [0.1, 0.15) is 0 Å². The van der Waals surface area contributed by atoms with E-state index < -0.39 is 10.0 Å². The average molecular weight is 527 g/mol. The minimum Gasteiger partial charge on any atom is -0.379 e. The number of morpholine rings is 1. The highest BCUT2D eigenvalue weighted by Crippen LogP contribution is 2.33. The Kier molecular flexibility index (Phi) is 6.88. The molecule has 0 unspecified atom stereocenters. The molecule has 2 aromatic carbocycles. The fourth-order valence-corrected chi connectivity index (χ4v) is 5.24. The van der Waals surface area contributed by atoms with E-state index in [1.54, 1.807) is 42.7 Å². The van der Waals surface area contributed by atoms with Crippen LogP contribution in [-0.4, -0.2) is 67.3 Å². The van der Waals surface area contributed by atoms with E-state index in [0.717, 1.165) is 5.39 Å². The van der Waals surface area contributed by atoms with Crippen molar-refractivity contribution in [3.63, 3.8) is 0 Å². The molecule has 1 aliphatic heterocycles. The summed E-state index contributed by atoms with van der Waals surface area (Å²) >= 11 is 6.22. The maximum atomic E-state index is 12.8. The second-order valence-corrected chi connectivity index (χ2v) is 10.3. The molecular weight excluding hydrogens is 504 g/mol. The van der Waals surface area contributed by atoms with Gasteiger partial charge < -0.3 is 10.1 Å². The van der Waals surface area contributed by atoms with Crippen LogP contribution in [0.1, 0.15) is 0 Å². The van der Waals surface area contributed by atoms with Gasteiger partial charge in [0.25, 0.3) is 10.0 Å². The molecule has 3 N–H and O–H groups in total. The van der Waals surface area contributed by atoms with Gasteiger partial charge in [-0.05, 0) is 35.9 Å². The van der Waals surface area contributed by atoms with Crippen molar-refractivity contribution in [2.24, 2.45) is 0 Å². The summed E-state index contributed by atoms with van der Waals surface area (Å²) in [6, 6.07) is 13.2. The van der Waals surface area contributed by atoms with E-state index in [-0.39, 0.29) is 28.2 Å². The number of carbonyl (C=O) groups excluding carboxylic acids is 1. The highest BCUT2D eigenvalue weighted by molar-refractivity contribution is 7.92. The van der Waals surface area contributed by atoms with E-state index in [0.29, 0.717) is 48.6 Å². The Balaban J connectivity index is 1.44. The number of hydrogen-bond acceptors (Lipinski definition) is 7. The summed E-state index contributed by atoms with van der Waals surface area (Å²) in [7, 11) is -3.86. The maximum Gasteiger partial charge on any atom is 0.261 e. The molecule has 5 rings (SSSR count). The number of nitrogens with zero attached hydrogens (tertiary/aromatic N) is 3. The molecule has 0 spiro atoms. The van der Waals surface area contributed by atoms with Crippen LogP contribution in [0.4, 0.5) is 11.4 Å². The number of fused-ring (bicyclic) bond motifs is 1. The molecule has 1 saturated heterocycles. The first-order valence-electron chi connectivity index (χ1n) is 11.2. The van der Waals surface area contributed by atoms with Crippen molar-refractivity contribution in [3.05, 3.63) is 66.1 Å². The van der Waals surface area contributed by atoms with Crippen LogP contribution < -0.4 is 10.0 Å². The Labute approximate surface area is 212 Å². The normalized spacial score (nSPS) is 14.6. The minimum atomic E-state index is -3.86. The van der Waals surface area contributed by atoms with Gasteiger partial charge in [0.05, 0.1) is 47.7 Å². The van der Waals surface area contributed by atoms with Crippen LogP contribution in [0.3, 0.4) is 0 Å². The van der Waals surface area contributed by atoms with Crippen LogP contribution in [0.25, 0.3) is 22.0 Å². The van der Waals surface area contributed by atoms with E-state index in [2.05, 4.69) is 25.2 Å². The number of pyridine rings is 1. The lowest BCUT2D eigenvalue weighted by Gasteiger charge is -2.25. The molecule has 186 valence electrons. The van der Waals surface area contributed by atoms with Crippen LogP contribution in [0.15, 0.2) is 65.8 Å². The number of ether oxygens (including phenoxy) is 1. The van der Waals surface area contributed by atoms with Gasteiger partial charge >= 0.3 is 0 Å². The number of H-pyrrole nitrogens is 1. The monoisotopic (exact) mass is 526 g/mol. The van der Waals surface area contributed by atoms with Crippen LogP contribution in [0, 0.1) is 0 Å². The lowest BCUT2D eigenvalue weighted by atomic mass is 10.0. The predicted molar refractivity (Wildman–Crippen MR) is 137 cm³/mol. The molecule has 3 heterocycles. The standard InChI is InChI=1S/C24H23ClN6O4S/c25-24-22(30-36(33,34)18-4-2-1-3-5-18)12-17(13-26-24)16-10-20(19-14-27-29-21(19)11-16)28-23(32)15-31-6-8-35-9-7-31/h1-5,10-14,30H,6-9,15H2,(H,27,29)(H,28,32). The number of aromatic amines is 1. The molecule has 4 aromatic rings. The Morgan fingerprint density at radius 1 is 1.06 bits per heavy atom. The van der Waals surface area contributed by atoms with Gasteiger partial charge in [0.15, 0.2) is 5.15 Å². The number of anilines is 2. The number of benzene rings is 2. The predicted octanol–water partition coefficient (Wildman–Crippen LogP) is 3.35. The number of hydrogen-bond donors (Lipinski definition) is 3. The summed E-state index contributed by atoms with van der Waals surface area (Å²) in [6.07, 6.45) is 3.18. The Bertz CT molecular complexity index is 1500. The van der Waals surface area contributed by atoms with E-state index in [1.807, 2.05) is 11.0 Å². The number of nitrogens with one attached hydrogen (secondary N) is 3. The largest absolute Gasteiger partial charge is 0.379 e. The van der Waals surface area contributed by atoms with Gasteiger partial charge in [-0.15, -0.1) is 0 Å². The second-order valence-electron chi connectivity index (χ2n) is 8.27. The van der Waals surface area contributed by atoms with Crippen LogP contribution in [0.2, 0.25) is 5.15 Å². The van der Waals surface area contributed by atoms with Crippen molar-refractivity contribution >= 4 is 49.8 Å². The number of rotatable bonds is 7. The first kappa shape index (κ1) is 24.2. The average Bonchev–Trinajstić information content (AvgIpc) is 3.36. The Morgan fingerprint density at radius 3 is 2.58 bits per heavy atom. The summed E-state index contributed by atoms with van der Waals surface area (Å²) in [5.41, 5.74) is 2.72. The van der Waals surface area contributed by atoms with E-state index >= 15 is 0 Å². The highest BCUT2D eigenvalue weighted by Gasteiger charge is 2.19. The quantitative estimate of drug-likeness (QED) is 0.315. The molecule has 0 radical (unpaired) electrons. The third-order valence-corrected chi connectivity index (χ3v) is 7.46. The van der Waals surface area contributed by atoms with Gasteiger partial charge in [-0.1, -0.05) is 29.8 Å². The molecule has 0 aliphatic carbocycles. The molecule has 1 aliphatic rings. The zero-order valence-electron chi connectivity index (χ0n) is 19.1. The smallest absolute Gasteiger partial charge is 0.261 e. The van der Waals surface area contributed by atoms with Crippen molar-refractivity contribution in [1.82, 2.24) is 20.1 Å². The molecule has 10 nitrogen and oxygen atoms in total. The summed E-state index contributed by atoms with van der Waals surface area (Å²) in [5.74, 6) is -0.151. The van der Waals surface area contributed by atoms with Gasteiger partial charge in [0, 0.05) is 30.2 Å². The van der Waals surface area contributed by atoms with Crippen molar-refractivity contribution < 1.29 is 17.9 Å². The molecule has 0 atom stereocenters. The molecule has 1 fully saturated rings. The number of carbonyl (C=O) groups is 1. The first-order chi connectivity index (χ1) is 17.4. The molecule has 0 saturated carbocycles. The SMILES string of the molecule is O=C(CN1CCOCC1)Nc1cc(-c2cnc(Cl)c(NS(=O)(=O)c3ccccc3)c2)cc2[nH]ncc12. The third-order valence-electron chi connectivity index (χ3n) is 5.77. The molecule has 12 heteroatoms. The van der Waals surface area contributed by atoms with Gasteiger partial charge in [-0.2, -0.15) is 5.10 Å². The van der Waals surface area contributed by atoms with Crippen molar-refractivity contribution in [3.8, 4) is 11.1 Å². The third kappa shape index (κ3) is 5.34. The number of aromatic nitrogens is 3. The van der Waals surface area contributed by atoms with Crippen molar-refractivity contribution in [2.75, 3.05) is 42.9 Å². The Hall–Kier alpha value is -3.51. The lowest BCUT2D eigenvalue weighted by Crippen LogP contribution is -2.41. The first-order valence-corrected chi connectivity index (χ1v) is 13.1. The fraction of sp³-hybridized carbons (Fsp3) is 0.208. The fourth-order valence-electron chi connectivity index (χ4n) is 3.95. The van der Waals surface area contributed by atoms with E-state index in [9.17, 15) is 13.2 Å². The summed E-state index contributed by atoms with van der Waals surface area (Å²) < 4.78 is 33.5. The zero-order valence-corrected chi connectivity index (χ0v) is 20.6.